The van der Waals surface area contributed by atoms with Gasteiger partial charge in [0.15, 0.2) is 0 Å². The van der Waals surface area contributed by atoms with E-state index >= 15 is 0 Å². The second-order valence-corrected chi connectivity index (χ2v) is 6.42. The van der Waals surface area contributed by atoms with Crippen LogP contribution in [0.25, 0.3) is 0 Å². The highest BCUT2D eigenvalue weighted by Crippen LogP contribution is 2.30. The minimum atomic E-state index is 0.240. The van der Waals surface area contributed by atoms with E-state index in [0.29, 0.717) is 0 Å². The summed E-state index contributed by atoms with van der Waals surface area (Å²) in [5, 5.41) is 0. The lowest BCUT2D eigenvalue weighted by Gasteiger charge is -2.48. The van der Waals surface area contributed by atoms with Gasteiger partial charge >= 0.3 is 0 Å². The smallest absolute Gasteiger partial charge is 0.0458 e. The van der Waals surface area contributed by atoms with Crippen molar-refractivity contribution in [3.63, 3.8) is 0 Å². The molecule has 0 aromatic heterocycles. The van der Waals surface area contributed by atoms with E-state index in [4.69, 9.17) is 5.73 Å². The van der Waals surface area contributed by atoms with Gasteiger partial charge in [-0.2, -0.15) is 0 Å². The Morgan fingerprint density at radius 3 is 2.45 bits per heavy atom. The Morgan fingerprint density at radius 2 is 1.75 bits per heavy atom. The molecule has 2 aliphatic heterocycles. The standard InChI is InChI=1S/C17H27N3/c18-14-17(20-11-4-5-12-20)9-6-10-19(15-17)13-16-7-2-1-3-8-16/h1-3,7-8H,4-6,9-15,18H2. The molecule has 1 unspecified atom stereocenters. The molecule has 110 valence electrons. The van der Waals surface area contributed by atoms with E-state index in [1.165, 1.54) is 50.9 Å². The molecule has 2 heterocycles. The fourth-order valence-electron chi connectivity index (χ4n) is 3.93. The summed E-state index contributed by atoms with van der Waals surface area (Å²) in [4.78, 5) is 5.27. The molecule has 0 aliphatic carbocycles. The first-order valence-electron chi connectivity index (χ1n) is 8.04. The molecular weight excluding hydrogens is 246 g/mol. The van der Waals surface area contributed by atoms with Gasteiger partial charge in [-0.3, -0.25) is 9.80 Å². The number of hydrogen-bond donors (Lipinski definition) is 1. The second-order valence-electron chi connectivity index (χ2n) is 6.42. The Balaban J connectivity index is 1.68. The summed E-state index contributed by atoms with van der Waals surface area (Å²) in [6, 6.07) is 10.8. The molecular formula is C17H27N3. The van der Waals surface area contributed by atoms with Crippen molar-refractivity contribution in [1.29, 1.82) is 0 Å². The van der Waals surface area contributed by atoms with E-state index in [2.05, 4.69) is 40.1 Å². The maximum absolute atomic E-state index is 6.21. The normalized spacial score (nSPS) is 28.9. The van der Waals surface area contributed by atoms with Gasteiger partial charge in [0.1, 0.15) is 0 Å². The average Bonchev–Trinajstić information content (AvgIpc) is 3.03. The summed E-state index contributed by atoms with van der Waals surface area (Å²) in [6.07, 6.45) is 5.25. The van der Waals surface area contributed by atoms with Crippen molar-refractivity contribution >= 4 is 0 Å². The average molecular weight is 273 g/mol. The highest BCUT2D eigenvalue weighted by Gasteiger charge is 2.40. The van der Waals surface area contributed by atoms with Crippen LogP contribution in [0.5, 0.6) is 0 Å². The SMILES string of the molecule is NCC1(N2CCCC2)CCCN(Cc2ccccc2)C1. The van der Waals surface area contributed by atoms with Crippen LogP contribution in [-0.2, 0) is 6.54 Å². The van der Waals surface area contributed by atoms with Crippen LogP contribution in [-0.4, -0.2) is 48.1 Å². The maximum atomic E-state index is 6.21. The van der Waals surface area contributed by atoms with Gasteiger partial charge < -0.3 is 5.73 Å². The van der Waals surface area contributed by atoms with E-state index in [9.17, 15) is 0 Å². The van der Waals surface area contributed by atoms with Gasteiger partial charge in [0.2, 0.25) is 0 Å². The van der Waals surface area contributed by atoms with Crippen molar-refractivity contribution in [2.24, 2.45) is 5.73 Å². The van der Waals surface area contributed by atoms with Crippen LogP contribution in [0.1, 0.15) is 31.2 Å². The number of benzene rings is 1. The number of rotatable bonds is 4. The van der Waals surface area contributed by atoms with Crippen molar-refractivity contribution in [1.82, 2.24) is 9.80 Å². The molecule has 3 heteroatoms. The molecule has 0 bridgehead atoms. The molecule has 3 rings (SSSR count). The highest BCUT2D eigenvalue weighted by atomic mass is 15.3. The van der Waals surface area contributed by atoms with Gasteiger partial charge in [-0.05, 0) is 50.9 Å². The van der Waals surface area contributed by atoms with Crippen molar-refractivity contribution in [3.8, 4) is 0 Å². The van der Waals surface area contributed by atoms with E-state index in [-0.39, 0.29) is 5.54 Å². The Hall–Kier alpha value is -0.900. The molecule has 0 saturated carbocycles. The number of likely N-dealkylation sites (tertiary alicyclic amines) is 2. The molecule has 0 amide bonds. The Bertz CT molecular complexity index is 414. The molecule has 2 fully saturated rings. The Morgan fingerprint density at radius 1 is 1.00 bits per heavy atom. The second kappa shape index (κ2) is 6.25. The maximum Gasteiger partial charge on any atom is 0.0458 e. The summed E-state index contributed by atoms with van der Waals surface area (Å²) in [5.41, 5.74) is 7.86. The monoisotopic (exact) mass is 273 g/mol. The zero-order valence-corrected chi connectivity index (χ0v) is 12.4. The van der Waals surface area contributed by atoms with Gasteiger partial charge in [0.25, 0.3) is 0 Å². The van der Waals surface area contributed by atoms with Crippen LogP contribution in [0, 0.1) is 0 Å². The molecule has 1 aromatic rings. The highest BCUT2D eigenvalue weighted by molar-refractivity contribution is 5.15. The van der Waals surface area contributed by atoms with E-state index in [1.807, 2.05) is 0 Å². The summed E-state index contributed by atoms with van der Waals surface area (Å²) < 4.78 is 0. The summed E-state index contributed by atoms with van der Waals surface area (Å²) in [6.45, 7) is 6.71. The van der Waals surface area contributed by atoms with Crippen molar-refractivity contribution in [2.45, 2.75) is 37.8 Å². The van der Waals surface area contributed by atoms with Gasteiger partial charge in [-0.25, -0.2) is 0 Å². The van der Waals surface area contributed by atoms with Crippen LogP contribution in [0.4, 0.5) is 0 Å². The number of nitrogens with two attached hydrogens (primary N) is 1. The van der Waals surface area contributed by atoms with Crippen molar-refractivity contribution < 1.29 is 0 Å². The summed E-state index contributed by atoms with van der Waals surface area (Å²) in [5.74, 6) is 0. The molecule has 0 spiro atoms. The zero-order valence-electron chi connectivity index (χ0n) is 12.4. The molecule has 1 atom stereocenters. The molecule has 20 heavy (non-hydrogen) atoms. The lowest BCUT2D eigenvalue weighted by molar-refractivity contribution is 0.0289. The summed E-state index contributed by atoms with van der Waals surface area (Å²) >= 11 is 0. The van der Waals surface area contributed by atoms with Gasteiger partial charge in [0.05, 0.1) is 0 Å². The Kier molecular flexibility index (Phi) is 4.39. The number of piperidine rings is 1. The third-order valence-electron chi connectivity index (χ3n) is 5.04. The number of hydrogen-bond acceptors (Lipinski definition) is 3. The van der Waals surface area contributed by atoms with Crippen LogP contribution in [0.15, 0.2) is 30.3 Å². The first-order chi connectivity index (χ1) is 9.82. The molecule has 2 saturated heterocycles. The summed E-state index contributed by atoms with van der Waals surface area (Å²) in [7, 11) is 0. The molecule has 2 aliphatic rings. The molecule has 0 radical (unpaired) electrons. The van der Waals surface area contributed by atoms with Crippen LogP contribution >= 0.6 is 0 Å². The van der Waals surface area contributed by atoms with Crippen molar-refractivity contribution in [3.05, 3.63) is 35.9 Å². The third-order valence-corrected chi connectivity index (χ3v) is 5.04. The quantitative estimate of drug-likeness (QED) is 0.911. The third kappa shape index (κ3) is 2.90. The lowest BCUT2D eigenvalue weighted by Crippen LogP contribution is -2.61. The minimum absolute atomic E-state index is 0.240. The van der Waals surface area contributed by atoms with E-state index < -0.39 is 0 Å². The number of nitrogens with zero attached hydrogens (tertiary/aromatic N) is 2. The lowest BCUT2D eigenvalue weighted by atomic mass is 9.87. The van der Waals surface area contributed by atoms with E-state index in [0.717, 1.165) is 19.6 Å². The predicted octanol–water partition coefficient (Wildman–Crippen LogP) is 2.08. The zero-order chi connectivity index (χ0) is 13.8. The minimum Gasteiger partial charge on any atom is -0.329 e. The molecule has 3 nitrogen and oxygen atoms in total. The van der Waals surface area contributed by atoms with Crippen LogP contribution in [0.3, 0.4) is 0 Å². The van der Waals surface area contributed by atoms with Gasteiger partial charge in [-0.1, -0.05) is 30.3 Å². The fraction of sp³-hybridized carbons (Fsp3) is 0.647. The largest absolute Gasteiger partial charge is 0.329 e. The topological polar surface area (TPSA) is 32.5 Å². The fourth-order valence-corrected chi connectivity index (χ4v) is 3.93. The first-order valence-corrected chi connectivity index (χ1v) is 8.04. The first kappa shape index (κ1) is 14.1. The van der Waals surface area contributed by atoms with Crippen molar-refractivity contribution in [2.75, 3.05) is 32.7 Å². The Labute approximate surface area is 122 Å². The van der Waals surface area contributed by atoms with Gasteiger partial charge in [0, 0.05) is 25.2 Å². The van der Waals surface area contributed by atoms with Crippen LogP contribution < -0.4 is 5.73 Å². The predicted molar refractivity (Wildman–Crippen MR) is 83.5 cm³/mol. The van der Waals surface area contributed by atoms with Gasteiger partial charge in [-0.15, -0.1) is 0 Å². The molecule has 2 N–H and O–H groups in total. The molecule has 1 aromatic carbocycles. The van der Waals surface area contributed by atoms with E-state index in [1.54, 1.807) is 0 Å². The van der Waals surface area contributed by atoms with Crippen LogP contribution in [0.2, 0.25) is 0 Å².